The van der Waals surface area contributed by atoms with E-state index < -0.39 is 5.41 Å². The van der Waals surface area contributed by atoms with Crippen LogP contribution in [0.1, 0.15) is 22.3 Å². The molecule has 0 amide bonds. The second kappa shape index (κ2) is 13.9. The molecule has 1 aliphatic carbocycles. The molecule has 0 unspecified atom stereocenters. The third-order valence-electron chi connectivity index (χ3n) is 12.1. The van der Waals surface area contributed by atoms with E-state index in [1.807, 2.05) is 0 Å². The van der Waals surface area contributed by atoms with E-state index in [4.69, 9.17) is 0 Å². The van der Waals surface area contributed by atoms with Gasteiger partial charge in [-0.1, -0.05) is 200 Å². The summed E-state index contributed by atoms with van der Waals surface area (Å²) in [5, 5.41) is 4.96. The number of nitrogens with zero attached hydrogens (tertiary/aromatic N) is 1. The molecule has 0 radical (unpaired) electrons. The summed E-state index contributed by atoms with van der Waals surface area (Å²) in [4.78, 5) is 2.44. The van der Waals surface area contributed by atoms with E-state index in [9.17, 15) is 0 Å². The molecule has 1 aliphatic rings. The number of fused-ring (bicyclic) bond motifs is 6. The largest absolute Gasteiger partial charge is 0.310 e. The van der Waals surface area contributed by atoms with Gasteiger partial charge in [0.1, 0.15) is 0 Å². The van der Waals surface area contributed by atoms with Gasteiger partial charge in [-0.3, -0.25) is 0 Å². The Kier molecular flexibility index (Phi) is 8.12. The average molecular weight is 738 g/mol. The van der Waals surface area contributed by atoms with Gasteiger partial charge in [-0.2, -0.15) is 0 Å². The summed E-state index contributed by atoms with van der Waals surface area (Å²) in [5.41, 5.74) is 15.4. The van der Waals surface area contributed by atoms with E-state index in [1.54, 1.807) is 0 Å². The molecule has 1 heteroatoms. The molecule has 58 heavy (non-hydrogen) atoms. The van der Waals surface area contributed by atoms with Crippen LogP contribution in [0.3, 0.4) is 0 Å². The Hall–Kier alpha value is -7.48. The Balaban J connectivity index is 1.21. The summed E-state index contributed by atoms with van der Waals surface area (Å²) in [6, 6.07) is 86.8. The van der Waals surface area contributed by atoms with Gasteiger partial charge in [-0.05, 0) is 114 Å². The van der Waals surface area contributed by atoms with Crippen LogP contribution in [-0.4, -0.2) is 0 Å². The summed E-state index contributed by atoms with van der Waals surface area (Å²) in [5.74, 6) is 0. The van der Waals surface area contributed by atoms with E-state index in [-0.39, 0.29) is 0 Å². The second-order valence-corrected chi connectivity index (χ2v) is 15.2. The van der Waals surface area contributed by atoms with Crippen LogP contribution in [-0.2, 0) is 5.41 Å². The molecule has 0 bridgehead atoms. The summed E-state index contributed by atoms with van der Waals surface area (Å²) in [7, 11) is 0. The highest BCUT2D eigenvalue weighted by Gasteiger charge is 2.46. The van der Waals surface area contributed by atoms with E-state index in [0.29, 0.717) is 0 Å². The zero-order valence-electron chi connectivity index (χ0n) is 32.0. The van der Waals surface area contributed by atoms with Crippen molar-refractivity contribution in [3.05, 3.63) is 259 Å². The molecular weight excluding hydrogens is 699 g/mol. The first-order chi connectivity index (χ1) is 28.8. The van der Waals surface area contributed by atoms with Crippen LogP contribution in [0.4, 0.5) is 17.1 Å². The minimum atomic E-state index is -0.500. The van der Waals surface area contributed by atoms with Gasteiger partial charge in [-0.15, -0.1) is 0 Å². The van der Waals surface area contributed by atoms with Crippen molar-refractivity contribution in [2.24, 2.45) is 0 Å². The molecule has 0 fully saturated rings. The van der Waals surface area contributed by atoms with Crippen molar-refractivity contribution in [2.45, 2.75) is 5.41 Å². The molecule has 0 N–H and O–H groups in total. The van der Waals surface area contributed by atoms with Crippen molar-refractivity contribution < 1.29 is 0 Å². The minimum Gasteiger partial charge on any atom is -0.310 e. The number of benzene rings is 10. The van der Waals surface area contributed by atoms with Crippen LogP contribution in [0.15, 0.2) is 237 Å². The van der Waals surface area contributed by atoms with E-state index in [0.717, 1.165) is 17.1 Å². The van der Waals surface area contributed by atoms with Crippen molar-refractivity contribution in [1.29, 1.82) is 0 Å². The maximum Gasteiger partial charge on any atom is 0.0714 e. The number of hydrogen-bond acceptors (Lipinski definition) is 1. The molecule has 0 atom stereocenters. The zero-order chi connectivity index (χ0) is 38.5. The Morgan fingerprint density at radius 3 is 1.36 bits per heavy atom. The fourth-order valence-corrected chi connectivity index (χ4v) is 9.72. The molecule has 0 saturated heterocycles. The predicted octanol–water partition coefficient (Wildman–Crippen LogP) is 15.2. The lowest BCUT2D eigenvalue weighted by atomic mass is 9.67. The summed E-state index contributed by atoms with van der Waals surface area (Å²) in [6.45, 7) is 0. The second-order valence-electron chi connectivity index (χ2n) is 15.2. The van der Waals surface area contributed by atoms with Gasteiger partial charge in [-0.25, -0.2) is 0 Å². The first-order valence-corrected chi connectivity index (χ1v) is 20.1. The Morgan fingerprint density at radius 2 is 0.724 bits per heavy atom. The van der Waals surface area contributed by atoms with Gasteiger partial charge >= 0.3 is 0 Å². The van der Waals surface area contributed by atoms with Crippen molar-refractivity contribution in [2.75, 3.05) is 4.90 Å². The van der Waals surface area contributed by atoms with Crippen molar-refractivity contribution in [1.82, 2.24) is 0 Å². The molecule has 272 valence electrons. The highest BCUT2D eigenvalue weighted by atomic mass is 15.1. The molecule has 1 nitrogen and oxygen atoms in total. The quantitative estimate of drug-likeness (QED) is 0.147. The average Bonchev–Trinajstić information content (AvgIpc) is 3.60. The van der Waals surface area contributed by atoms with Crippen LogP contribution in [0, 0.1) is 0 Å². The van der Waals surface area contributed by atoms with Crippen molar-refractivity contribution >= 4 is 38.6 Å². The van der Waals surface area contributed by atoms with E-state index in [1.165, 1.54) is 77.2 Å². The van der Waals surface area contributed by atoms with E-state index in [2.05, 4.69) is 241 Å². The highest BCUT2D eigenvalue weighted by Crippen LogP contribution is 2.57. The maximum atomic E-state index is 2.46. The van der Waals surface area contributed by atoms with Gasteiger partial charge in [0.25, 0.3) is 0 Å². The molecule has 10 aromatic carbocycles. The molecular formula is C57H39N. The number of para-hydroxylation sites is 1. The van der Waals surface area contributed by atoms with Gasteiger partial charge in [0.2, 0.25) is 0 Å². The summed E-state index contributed by atoms with van der Waals surface area (Å²) >= 11 is 0. The molecule has 0 saturated carbocycles. The van der Waals surface area contributed by atoms with Crippen LogP contribution in [0.2, 0.25) is 0 Å². The molecule has 0 aromatic heterocycles. The Labute approximate surface area is 339 Å². The fourth-order valence-electron chi connectivity index (χ4n) is 9.72. The lowest BCUT2D eigenvalue weighted by Gasteiger charge is -2.35. The van der Waals surface area contributed by atoms with Gasteiger partial charge in [0, 0.05) is 17.1 Å². The first kappa shape index (κ1) is 33.8. The standard InChI is InChI=1S/C57H39N/c1-6-20-40(21-7-1)55-51-32-17-16-30-47(51)48-36-34-45(38-52(48)56(55)41-22-8-2-9-23-41)58(44-28-14-5-15-29-44)46-35-37-50-49-31-18-19-33-53(49)57(54(50)39-46,42-24-10-3-11-25-42)43-26-12-4-13-27-43/h1-39H. The summed E-state index contributed by atoms with van der Waals surface area (Å²) < 4.78 is 0. The predicted molar refractivity (Wildman–Crippen MR) is 244 cm³/mol. The molecule has 11 rings (SSSR count). The molecule has 10 aromatic rings. The summed E-state index contributed by atoms with van der Waals surface area (Å²) in [6.07, 6.45) is 0. The number of anilines is 3. The SMILES string of the molecule is c1ccc(-c2c(-c3ccccc3)c3cc(N(c4ccccc4)c4ccc5c(c4)C(c4ccccc4)(c4ccccc4)c4ccccc4-5)ccc3c3ccccc23)cc1. The number of rotatable bonds is 7. The van der Waals surface area contributed by atoms with Gasteiger partial charge in [0.05, 0.1) is 5.41 Å². The Bertz CT molecular complexity index is 3040. The minimum absolute atomic E-state index is 0.500. The number of hydrogen-bond donors (Lipinski definition) is 0. The maximum absolute atomic E-state index is 2.46. The third kappa shape index (κ3) is 5.25. The molecule has 0 heterocycles. The zero-order valence-corrected chi connectivity index (χ0v) is 32.0. The smallest absolute Gasteiger partial charge is 0.0714 e. The van der Waals surface area contributed by atoms with Crippen molar-refractivity contribution in [3.8, 4) is 33.4 Å². The lowest BCUT2D eigenvalue weighted by molar-refractivity contribution is 0.768. The van der Waals surface area contributed by atoms with Crippen LogP contribution >= 0.6 is 0 Å². The first-order valence-electron chi connectivity index (χ1n) is 20.1. The highest BCUT2D eigenvalue weighted by molar-refractivity contribution is 6.22. The van der Waals surface area contributed by atoms with Gasteiger partial charge < -0.3 is 4.90 Å². The topological polar surface area (TPSA) is 3.24 Å². The van der Waals surface area contributed by atoms with Crippen molar-refractivity contribution in [3.63, 3.8) is 0 Å². The van der Waals surface area contributed by atoms with Crippen LogP contribution in [0.5, 0.6) is 0 Å². The molecule has 0 spiro atoms. The van der Waals surface area contributed by atoms with E-state index >= 15 is 0 Å². The normalized spacial score (nSPS) is 12.6. The monoisotopic (exact) mass is 737 g/mol. The van der Waals surface area contributed by atoms with Crippen LogP contribution in [0.25, 0.3) is 54.9 Å². The fraction of sp³-hybridized carbons (Fsp3) is 0.0175. The van der Waals surface area contributed by atoms with Crippen LogP contribution < -0.4 is 4.90 Å². The lowest BCUT2D eigenvalue weighted by Crippen LogP contribution is -2.28. The third-order valence-corrected chi connectivity index (χ3v) is 12.1. The van der Waals surface area contributed by atoms with Gasteiger partial charge in [0.15, 0.2) is 0 Å². The molecule has 0 aliphatic heterocycles. The Morgan fingerprint density at radius 1 is 0.276 bits per heavy atom.